The van der Waals surface area contributed by atoms with Crippen LogP contribution in [0.4, 0.5) is 5.00 Å². The molecule has 5 nitrogen and oxygen atoms in total. The van der Waals surface area contributed by atoms with E-state index < -0.39 is 5.97 Å². The van der Waals surface area contributed by atoms with Gasteiger partial charge < -0.3 is 10.4 Å². The molecule has 0 unspecified atom stereocenters. The molecule has 7 heteroatoms. The number of nitrogens with zero attached hydrogens (tertiary/aromatic N) is 1. The lowest BCUT2D eigenvalue weighted by Gasteiger charge is -2.37. The van der Waals surface area contributed by atoms with Crippen LogP contribution in [-0.2, 0) is 22.4 Å². The largest absolute Gasteiger partial charge is 0.478 e. The first-order valence-corrected chi connectivity index (χ1v) is 12.7. The van der Waals surface area contributed by atoms with Gasteiger partial charge in [0.25, 0.3) is 5.91 Å². The zero-order chi connectivity index (χ0) is 21.7. The second-order valence-electron chi connectivity index (χ2n) is 8.76. The fourth-order valence-corrected chi connectivity index (χ4v) is 7.64. The number of aryl methyl sites for hydroxylation is 1. The highest BCUT2D eigenvalue weighted by Gasteiger charge is 2.41. The molecule has 0 spiro atoms. The number of nitrogens with one attached hydrogen (secondary N) is 1. The second-order valence-corrected chi connectivity index (χ2v) is 10.7. The van der Waals surface area contributed by atoms with Crippen molar-refractivity contribution in [1.29, 1.82) is 0 Å². The standard InChI is InChI=1S/C24H26N2O3S2/c1-3-13-4-9-16-17(10-13)31-23(20(16)22-25-12(2)11-30-22)26-21(27)18-14-5-7-15(8-6-14)19(18)24(28)29/h3,11,14-15H,4-10H2,1-2H3,(H,26,27)(H,28,29)/b13-3+. The van der Waals surface area contributed by atoms with Gasteiger partial charge in [-0.2, -0.15) is 0 Å². The number of amides is 1. The maximum atomic E-state index is 13.4. The fourth-order valence-electron chi connectivity index (χ4n) is 5.41. The molecule has 4 aliphatic rings. The molecule has 31 heavy (non-hydrogen) atoms. The Bertz CT molecular complexity index is 1130. The molecule has 2 bridgehead atoms. The Morgan fingerprint density at radius 1 is 1.16 bits per heavy atom. The van der Waals surface area contributed by atoms with Crippen LogP contribution < -0.4 is 5.32 Å². The lowest BCUT2D eigenvalue weighted by atomic mass is 9.66. The van der Waals surface area contributed by atoms with Crippen molar-refractivity contribution in [3.05, 3.63) is 44.3 Å². The van der Waals surface area contributed by atoms with Crippen LogP contribution in [0.5, 0.6) is 0 Å². The van der Waals surface area contributed by atoms with Crippen molar-refractivity contribution in [3.63, 3.8) is 0 Å². The monoisotopic (exact) mass is 454 g/mol. The van der Waals surface area contributed by atoms with Gasteiger partial charge in [0.1, 0.15) is 10.0 Å². The molecule has 0 aliphatic heterocycles. The van der Waals surface area contributed by atoms with E-state index in [0.717, 1.165) is 66.2 Å². The third-order valence-corrected chi connectivity index (χ3v) is 9.08. The van der Waals surface area contributed by atoms with E-state index in [1.54, 1.807) is 22.7 Å². The summed E-state index contributed by atoms with van der Waals surface area (Å²) < 4.78 is 0. The molecular formula is C24H26N2O3S2. The van der Waals surface area contributed by atoms with Gasteiger partial charge in [-0.05, 0) is 69.8 Å². The molecule has 1 amide bonds. The smallest absolute Gasteiger partial charge is 0.332 e. The molecular weight excluding hydrogens is 428 g/mol. The van der Waals surface area contributed by atoms with Crippen LogP contribution in [0.2, 0.25) is 0 Å². The quantitative estimate of drug-likeness (QED) is 0.576. The first-order valence-electron chi connectivity index (χ1n) is 11.0. The number of hydrogen-bond donors (Lipinski definition) is 2. The average Bonchev–Trinajstić information content (AvgIpc) is 3.35. The molecule has 2 aromatic rings. The van der Waals surface area contributed by atoms with Gasteiger partial charge in [0.2, 0.25) is 0 Å². The second kappa shape index (κ2) is 8.02. The molecule has 6 rings (SSSR count). The maximum absolute atomic E-state index is 13.4. The minimum Gasteiger partial charge on any atom is -0.478 e. The highest BCUT2D eigenvalue weighted by Crippen LogP contribution is 2.48. The number of fused-ring (bicyclic) bond motifs is 3. The average molecular weight is 455 g/mol. The van der Waals surface area contributed by atoms with Crippen molar-refractivity contribution in [1.82, 2.24) is 4.98 Å². The van der Waals surface area contributed by atoms with Crippen molar-refractivity contribution in [3.8, 4) is 10.6 Å². The predicted octanol–water partition coefficient (Wildman–Crippen LogP) is 5.75. The van der Waals surface area contributed by atoms with Gasteiger partial charge in [-0.3, -0.25) is 4.79 Å². The minimum atomic E-state index is -0.932. The molecule has 1 fully saturated rings. The Morgan fingerprint density at radius 2 is 1.87 bits per heavy atom. The van der Waals surface area contributed by atoms with E-state index in [9.17, 15) is 14.7 Å². The molecule has 162 valence electrons. The number of carbonyl (C=O) groups is 2. The highest BCUT2D eigenvalue weighted by atomic mass is 32.1. The van der Waals surface area contributed by atoms with Gasteiger partial charge in [0, 0.05) is 39.1 Å². The summed E-state index contributed by atoms with van der Waals surface area (Å²) in [6.45, 7) is 4.07. The number of rotatable bonds is 4. The van der Waals surface area contributed by atoms with Crippen LogP contribution in [-0.4, -0.2) is 22.0 Å². The Balaban J connectivity index is 1.56. The summed E-state index contributed by atoms with van der Waals surface area (Å²) in [4.78, 5) is 31.4. The summed E-state index contributed by atoms with van der Waals surface area (Å²) >= 11 is 3.24. The van der Waals surface area contributed by atoms with Crippen LogP contribution in [0.3, 0.4) is 0 Å². The number of hydrogen-bond acceptors (Lipinski definition) is 5. The number of carbonyl (C=O) groups excluding carboxylic acids is 1. The summed E-state index contributed by atoms with van der Waals surface area (Å²) in [6, 6.07) is 0. The van der Waals surface area contributed by atoms with Crippen molar-refractivity contribution in [2.24, 2.45) is 11.8 Å². The number of carboxylic acid groups (broad SMARTS) is 1. The number of carboxylic acids is 1. The molecule has 2 N–H and O–H groups in total. The zero-order valence-corrected chi connectivity index (χ0v) is 19.4. The van der Waals surface area contributed by atoms with Crippen LogP contribution >= 0.6 is 22.7 Å². The molecule has 0 atom stereocenters. The molecule has 0 saturated heterocycles. The summed E-state index contributed by atoms with van der Waals surface area (Å²) in [5.74, 6) is -1.09. The van der Waals surface area contributed by atoms with Crippen LogP contribution in [0.25, 0.3) is 10.6 Å². The van der Waals surface area contributed by atoms with E-state index in [0.29, 0.717) is 11.1 Å². The van der Waals surface area contributed by atoms with E-state index >= 15 is 0 Å². The topological polar surface area (TPSA) is 79.3 Å². The summed E-state index contributed by atoms with van der Waals surface area (Å²) in [5.41, 5.74) is 5.59. The first kappa shape index (κ1) is 20.6. The van der Waals surface area contributed by atoms with Gasteiger partial charge in [0.15, 0.2) is 0 Å². The van der Waals surface area contributed by atoms with Gasteiger partial charge in [0.05, 0.1) is 0 Å². The Kier molecular flexibility index (Phi) is 5.34. The zero-order valence-electron chi connectivity index (χ0n) is 17.8. The van der Waals surface area contributed by atoms with E-state index in [1.165, 1.54) is 16.0 Å². The third-order valence-electron chi connectivity index (χ3n) is 6.95. The molecule has 2 heterocycles. The van der Waals surface area contributed by atoms with E-state index in [2.05, 4.69) is 18.3 Å². The SMILES string of the molecule is C/C=C1\CCc2c(sc(NC(=O)C3=C(C(=O)O)C4CCC3CC4)c2-c2nc(C)cs2)C1. The van der Waals surface area contributed by atoms with Crippen molar-refractivity contribution in [2.75, 3.05) is 5.32 Å². The van der Waals surface area contributed by atoms with E-state index in [-0.39, 0.29) is 17.7 Å². The Hall–Kier alpha value is -2.25. The van der Waals surface area contributed by atoms with Crippen molar-refractivity contribution in [2.45, 2.75) is 58.8 Å². The summed E-state index contributed by atoms with van der Waals surface area (Å²) in [5, 5.41) is 16.8. The van der Waals surface area contributed by atoms with Gasteiger partial charge in [-0.25, -0.2) is 9.78 Å². The number of anilines is 1. The lowest BCUT2D eigenvalue weighted by Crippen LogP contribution is -2.35. The molecule has 4 aliphatic carbocycles. The molecule has 0 aromatic carbocycles. The minimum absolute atomic E-state index is 0.0122. The van der Waals surface area contributed by atoms with Crippen LogP contribution in [0.15, 0.2) is 28.2 Å². The number of thiophene rings is 1. The number of aliphatic carboxylic acids is 1. The predicted molar refractivity (Wildman–Crippen MR) is 125 cm³/mol. The molecule has 1 saturated carbocycles. The lowest BCUT2D eigenvalue weighted by molar-refractivity contribution is -0.134. The van der Waals surface area contributed by atoms with Gasteiger partial charge in [-0.15, -0.1) is 22.7 Å². The van der Waals surface area contributed by atoms with Crippen LogP contribution in [0.1, 0.15) is 55.2 Å². The van der Waals surface area contributed by atoms with Gasteiger partial charge in [-0.1, -0.05) is 11.6 Å². The van der Waals surface area contributed by atoms with E-state index in [1.807, 2.05) is 12.3 Å². The first-order chi connectivity index (χ1) is 15.0. The summed E-state index contributed by atoms with van der Waals surface area (Å²) in [6.07, 6.45) is 8.67. The van der Waals surface area contributed by atoms with E-state index in [4.69, 9.17) is 4.98 Å². The number of thiazole rings is 1. The normalized spacial score (nSPS) is 23.9. The Morgan fingerprint density at radius 3 is 2.48 bits per heavy atom. The number of aromatic nitrogens is 1. The third kappa shape index (κ3) is 3.57. The van der Waals surface area contributed by atoms with Crippen molar-refractivity contribution >= 4 is 39.6 Å². The van der Waals surface area contributed by atoms with Crippen molar-refractivity contribution < 1.29 is 14.7 Å². The fraction of sp³-hybridized carbons (Fsp3) is 0.458. The maximum Gasteiger partial charge on any atom is 0.332 e. The Labute approximate surface area is 189 Å². The highest BCUT2D eigenvalue weighted by molar-refractivity contribution is 7.18. The summed E-state index contributed by atoms with van der Waals surface area (Å²) in [7, 11) is 0. The van der Waals surface area contributed by atoms with Crippen LogP contribution in [0, 0.1) is 18.8 Å². The molecule has 2 aromatic heterocycles. The van der Waals surface area contributed by atoms with Gasteiger partial charge >= 0.3 is 5.97 Å². The molecule has 0 radical (unpaired) electrons. The number of allylic oxidation sites excluding steroid dienone is 2.